The van der Waals surface area contributed by atoms with Gasteiger partial charge in [0.15, 0.2) is 5.75 Å². The summed E-state index contributed by atoms with van der Waals surface area (Å²) in [6, 6.07) is 0.0175. The van der Waals surface area contributed by atoms with Gasteiger partial charge in [0.1, 0.15) is 0 Å². The molecule has 6 heteroatoms. The zero-order chi connectivity index (χ0) is 13.9. The van der Waals surface area contributed by atoms with Crippen molar-refractivity contribution in [3.63, 3.8) is 0 Å². The zero-order valence-electron chi connectivity index (χ0n) is 12.1. The Morgan fingerprint density at radius 2 is 2.11 bits per heavy atom. The average molecular weight is 269 g/mol. The van der Waals surface area contributed by atoms with Crippen molar-refractivity contribution in [2.24, 2.45) is 7.05 Å². The minimum absolute atomic E-state index is 0.0175. The van der Waals surface area contributed by atoms with Crippen molar-refractivity contribution >= 4 is 0 Å². The molecule has 0 amide bonds. The standard InChI is InChI=1S/C13H23N3O3/c1-14-12(11-10(17-3)9-15-16(11)2)13(18-4)5-7-19-8-6-13/h9,12,14H,5-8H2,1-4H3. The van der Waals surface area contributed by atoms with Gasteiger partial charge in [-0.1, -0.05) is 0 Å². The van der Waals surface area contributed by atoms with Gasteiger partial charge in [-0.2, -0.15) is 5.10 Å². The van der Waals surface area contributed by atoms with Crippen molar-refractivity contribution in [3.05, 3.63) is 11.9 Å². The number of hydrogen-bond acceptors (Lipinski definition) is 5. The van der Waals surface area contributed by atoms with E-state index in [4.69, 9.17) is 14.2 Å². The van der Waals surface area contributed by atoms with E-state index < -0.39 is 0 Å². The van der Waals surface area contributed by atoms with Gasteiger partial charge in [-0.05, 0) is 7.05 Å². The topological polar surface area (TPSA) is 57.5 Å². The fraction of sp³-hybridized carbons (Fsp3) is 0.769. The minimum Gasteiger partial charge on any atom is -0.493 e. The lowest BCUT2D eigenvalue weighted by Gasteiger charge is -2.42. The van der Waals surface area contributed by atoms with Crippen molar-refractivity contribution in [2.75, 3.05) is 34.5 Å². The maximum absolute atomic E-state index is 5.87. The molecule has 6 nitrogen and oxygen atoms in total. The van der Waals surface area contributed by atoms with E-state index in [1.54, 1.807) is 20.4 Å². The number of hydrogen-bond donors (Lipinski definition) is 1. The predicted molar refractivity (Wildman–Crippen MR) is 71.4 cm³/mol. The number of ether oxygens (including phenoxy) is 3. The summed E-state index contributed by atoms with van der Waals surface area (Å²) in [5, 5.41) is 7.64. The van der Waals surface area contributed by atoms with Gasteiger partial charge in [0.2, 0.25) is 0 Å². The van der Waals surface area contributed by atoms with Crippen LogP contribution in [0.3, 0.4) is 0 Å². The number of likely N-dealkylation sites (N-methyl/N-ethyl adjacent to an activating group) is 1. The summed E-state index contributed by atoms with van der Waals surface area (Å²) in [4.78, 5) is 0. The highest BCUT2D eigenvalue weighted by molar-refractivity contribution is 5.30. The second-order valence-corrected chi connectivity index (χ2v) is 4.82. The lowest BCUT2D eigenvalue weighted by atomic mass is 9.84. The van der Waals surface area contributed by atoms with Crippen LogP contribution in [0.15, 0.2) is 6.20 Å². The molecule has 0 radical (unpaired) electrons. The highest BCUT2D eigenvalue weighted by Gasteiger charge is 2.43. The van der Waals surface area contributed by atoms with Crippen LogP contribution >= 0.6 is 0 Å². The number of aryl methyl sites for hydroxylation is 1. The van der Waals surface area contributed by atoms with Crippen molar-refractivity contribution < 1.29 is 14.2 Å². The Morgan fingerprint density at radius 3 is 2.63 bits per heavy atom. The summed E-state index contributed by atoms with van der Waals surface area (Å²) < 4.78 is 18.6. The lowest BCUT2D eigenvalue weighted by Crippen LogP contribution is -2.49. The molecule has 2 heterocycles. The van der Waals surface area contributed by atoms with Gasteiger partial charge >= 0.3 is 0 Å². The van der Waals surface area contributed by atoms with Crippen LogP contribution in [0.1, 0.15) is 24.6 Å². The van der Waals surface area contributed by atoms with Crippen LogP contribution in [0.5, 0.6) is 5.75 Å². The van der Waals surface area contributed by atoms with E-state index in [-0.39, 0.29) is 11.6 Å². The van der Waals surface area contributed by atoms with E-state index in [9.17, 15) is 0 Å². The van der Waals surface area contributed by atoms with Gasteiger partial charge in [0.25, 0.3) is 0 Å². The Hall–Kier alpha value is -1.11. The molecule has 0 aliphatic carbocycles. The number of rotatable bonds is 5. The van der Waals surface area contributed by atoms with Gasteiger partial charge in [-0.15, -0.1) is 0 Å². The Bertz CT molecular complexity index is 413. The fourth-order valence-electron chi connectivity index (χ4n) is 2.89. The first-order valence-electron chi connectivity index (χ1n) is 6.54. The summed E-state index contributed by atoms with van der Waals surface area (Å²) in [5.74, 6) is 0.782. The lowest BCUT2D eigenvalue weighted by molar-refractivity contribution is -0.112. The second kappa shape index (κ2) is 5.90. The molecule has 1 aromatic rings. The third-order valence-corrected chi connectivity index (χ3v) is 4.00. The van der Waals surface area contributed by atoms with Crippen LogP contribution in [0, 0.1) is 0 Å². The number of methoxy groups -OCH3 is 2. The van der Waals surface area contributed by atoms with E-state index in [1.165, 1.54) is 0 Å². The molecule has 0 bridgehead atoms. The Morgan fingerprint density at radius 1 is 1.42 bits per heavy atom. The molecule has 0 spiro atoms. The minimum atomic E-state index is -0.284. The largest absolute Gasteiger partial charge is 0.493 e. The highest BCUT2D eigenvalue weighted by atomic mass is 16.5. The Balaban J connectivity index is 2.39. The SMILES string of the molecule is CNC(c1c(OC)cnn1C)C1(OC)CCOCC1. The quantitative estimate of drug-likeness (QED) is 0.860. The van der Waals surface area contributed by atoms with Crippen LogP contribution in [0.4, 0.5) is 0 Å². The van der Waals surface area contributed by atoms with Crippen LogP contribution in [0.25, 0.3) is 0 Å². The van der Waals surface area contributed by atoms with Gasteiger partial charge in [0.05, 0.1) is 30.6 Å². The molecule has 0 saturated carbocycles. The molecule has 1 aliphatic rings. The fourth-order valence-corrected chi connectivity index (χ4v) is 2.89. The molecule has 1 saturated heterocycles. The summed E-state index contributed by atoms with van der Waals surface area (Å²) in [6.07, 6.45) is 3.44. The Labute approximate surface area is 114 Å². The van der Waals surface area contributed by atoms with Crippen LogP contribution in [0.2, 0.25) is 0 Å². The third-order valence-electron chi connectivity index (χ3n) is 4.00. The number of nitrogens with one attached hydrogen (secondary N) is 1. The van der Waals surface area contributed by atoms with Crippen molar-refractivity contribution in [1.82, 2.24) is 15.1 Å². The highest BCUT2D eigenvalue weighted by Crippen LogP contribution is 2.40. The van der Waals surface area contributed by atoms with Gasteiger partial charge < -0.3 is 19.5 Å². The maximum Gasteiger partial charge on any atom is 0.161 e. The molecule has 1 aromatic heterocycles. The summed E-state index contributed by atoms with van der Waals surface area (Å²) in [7, 11) is 7.29. The summed E-state index contributed by atoms with van der Waals surface area (Å²) in [5.41, 5.74) is 0.724. The molecule has 0 aromatic carbocycles. The molecule has 1 N–H and O–H groups in total. The second-order valence-electron chi connectivity index (χ2n) is 4.82. The predicted octanol–water partition coefficient (Wildman–Crippen LogP) is 0.885. The molecule has 1 unspecified atom stereocenters. The molecule has 1 aliphatic heterocycles. The third kappa shape index (κ3) is 2.48. The smallest absolute Gasteiger partial charge is 0.161 e. The molecular formula is C13H23N3O3. The monoisotopic (exact) mass is 269 g/mol. The first kappa shape index (κ1) is 14.3. The zero-order valence-corrected chi connectivity index (χ0v) is 12.1. The van der Waals surface area contributed by atoms with Gasteiger partial charge in [0, 0.05) is 40.2 Å². The van der Waals surface area contributed by atoms with E-state index >= 15 is 0 Å². The van der Waals surface area contributed by atoms with Gasteiger partial charge in [-0.25, -0.2) is 0 Å². The first-order chi connectivity index (χ1) is 9.18. The van der Waals surface area contributed by atoms with Crippen LogP contribution in [-0.4, -0.2) is 49.9 Å². The maximum atomic E-state index is 5.87. The molecule has 2 rings (SSSR count). The van der Waals surface area contributed by atoms with E-state index in [2.05, 4.69) is 10.4 Å². The normalized spacial score (nSPS) is 20.2. The number of aromatic nitrogens is 2. The number of nitrogens with zero attached hydrogens (tertiary/aromatic N) is 2. The van der Waals surface area contributed by atoms with E-state index in [1.807, 2.05) is 18.8 Å². The van der Waals surface area contributed by atoms with E-state index in [0.717, 1.165) is 24.3 Å². The van der Waals surface area contributed by atoms with Crippen LogP contribution < -0.4 is 10.1 Å². The summed E-state index contributed by atoms with van der Waals surface area (Å²) in [6.45, 7) is 1.43. The van der Waals surface area contributed by atoms with Gasteiger partial charge in [-0.3, -0.25) is 4.68 Å². The van der Waals surface area contributed by atoms with E-state index in [0.29, 0.717) is 13.2 Å². The molecule has 108 valence electrons. The summed E-state index contributed by atoms with van der Waals surface area (Å²) >= 11 is 0. The van der Waals surface area contributed by atoms with Crippen LogP contribution in [-0.2, 0) is 16.5 Å². The first-order valence-corrected chi connectivity index (χ1v) is 6.54. The van der Waals surface area contributed by atoms with Crippen molar-refractivity contribution in [1.29, 1.82) is 0 Å². The average Bonchev–Trinajstić information content (AvgIpc) is 2.82. The molecule has 1 fully saturated rings. The van der Waals surface area contributed by atoms with Crippen molar-refractivity contribution in [3.8, 4) is 5.75 Å². The molecular weight excluding hydrogens is 246 g/mol. The molecule has 19 heavy (non-hydrogen) atoms. The molecule has 1 atom stereocenters. The Kier molecular flexibility index (Phi) is 4.44. The van der Waals surface area contributed by atoms with Crippen molar-refractivity contribution in [2.45, 2.75) is 24.5 Å².